The van der Waals surface area contributed by atoms with Crippen LogP contribution in [-0.2, 0) is 19.6 Å². The minimum absolute atomic E-state index is 0.0232. The van der Waals surface area contributed by atoms with Crippen molar-refractivity contribution in [1.29, 1.82) is 0 Å². The third kappa shape index (κ3) is 6.74. The van der Waals surface area contributed by atoms with Gasteiger partial charge in [-0.1, -0.05) is 43.2 Å². The Labute approximate surface area is 260 Å². The Morgan fingerprint density at radius 3 is 2.70 bits per heavy atom. The van der Waals surface area contributed by atoms with Gasteiger partial charge >= 0.3 is 0 Å². The summed E-state index contributed by atoms with van der Waals surface area (Å²) in [5.41, 5.74) is -0.0767. The van der Waals surface area contributed by atoms with Crippen molar-refractivity contribution >= 4 is 39.5 Å². The summed E-state index contributed by atoms with van der Waals surface area (Å²) < 4.78 is 41.1. The highest BCUT2D eigenvalue weighted by Gasteiger charge is 2.47. The molecule has 2 aliphatic heterocycles. The number of benzene rings is 1. The molecule has 0 saturated heterocycles. The molecule has 2 heterocycles. The van der Waals surface area contributed by atoms with Crippen molar-refractivity contribution in [3.05, 3.63) is 59.2 Å². The first kappa shape index (κ1) is 31.8. The second-order valence-electron chi connectivity index (χ2n) is 12.6. The fourth-order valence-electron chi connectivity index (χ4n) is 6.85. The summed E-state index contributed by atoms with van der Waals surface area (Å²) in [6, 6.07) is 5.15. The number of hydrogen-bond acceptors (Lipinski definition) is 7. The number of methoxy groups -OCH3 is 1. The molecule has 1 fully saturated rings. The number of ether oxygens (including phenoxy) is 2. The number of amides is 1. The zero-order valence-electron chi connectivity index (χ0n) is 25.2. The molecule has 7 atom stereocenters. The molecule has 8 nitrogen and oxygen atoms in total. The fraction of sp³-hybridized carbons (Fsp3) is 0.576. The molecular formula is C33H43ClN2O6S. The second kappa shape index (κ2) is 13.2. The van der Waals surface area contributed by atoms with Gasteiger partial charge in [0.2, 0.25) is 10.0 Å². The lowest BCUT2D eigenvalue weighted by Crippen LogP contribution is -2.52. The molecule has 4 aliphatic rings. The van der Waals surface area contributed by atoms with E-state index in [0.717, 1.165) is 55.7 Å². The zero-order chi connectivity index (χ0) is 30.8. The van der Waals surface area contributed by atoms with E-state index in [9.17, 15) is 18.0 Å². The summed E-state index contributed by atoms with van der Waals surface area (Å²) >= 11 is 6.35. The number of halogens is 1. The van der Waals surface area contributed by atoms with Crippen LogP contribution in [-0.4, -0.2) is 58.3 Å². The average Bonchev–Trinajstić information content (AvgIpc) is 3.00. The van der Waals surface area contributed by atoms with Crippen LogP contribution in [0.4, 0.5) is 5.69 Å². The van der Waals surface area contributed by atoms with Gasteiger partial charge in [-0.3, -0.25) is 9.59 Å². The van der Waals surface area contributed by atoms with Crippen LogP contribution in [0.1, 0.15) is 62.7 Å². The van der Waals surface area contributed by atoms with Crippen LogP contribution in [0.3, 0.4) is 0 Å². The van der Waals surface area contributed by atoms with Gasteiger partial charge in [0.15, 0.2) is 6.29 Å². The van der Waals surface area contributed by atoms with Crippen molar-refractivity contribution in [2.75, 3.05) is 31.7 Å². The van der Waals surface area contributed by atoms with Crippen LogP contribution in [0, 0.1) is 29.6 Å². The summed E-state index contributed by atoms with van der Waals surface area (Å²) in [5.74, 6) is 0.288. The van der Waals surface area contributed by atoms with E-state index in [-0.39, 0.29) is 35.2 Å². The molecule has 5 rings (SSSR count). The van der Waals surface area contributed by atoms with E-state index < -0.39 is 26.8 Å². The lowest BCUT2D eigenvalue weighted by molar-refractivity contribution is -0.135. The van der Waals surface area contributed by atoms with E-state index in [2.05, 4.69) is 21.8 Å². The monoisotopic (exact) mass is 630 g/mol. The van der Waals surface area contributed by atoms with Gasteiger partial charge in [-0.2, -0.15) is 0 Å². The highest BCUT2D eigenvalue weighted by molar-refractivity contribution is 7.90. The Morgan fingerprint density at radius 1 is 1.16 bits per heavy atom. The van der Waals surface area contributed by atoms with Crippen molar-refractivity contribution in [3.8, 4) is 5.75 Å². The molecule has 1 aromatic rings. The molecule has 2 bridgehead atoms. The molecule has 1 aromatic carbocycles. The summed E-state index contributed by atoms with van der Waals surface area (Å²) in [4.78, 5) is 28.2. The summed E-state index contributed by atoms with van der Waals surface area (Å²) in [5, 5.41) is -0.0869. The summed E-state index contributed by atoms with van der Waals surface area (Å²) in [6.07, 6.45) is 15.8. The number of hydrogen-bond donors (Lipinski definition) is 1. The predicted molar refractivity (Wildman–Crippen MR) is 169 cm³/mol. The van der Waals surface area contributed by atoms with Crippen LogP contribution in [0.2, 0.25) is 0 Å². The average molecular weight is 631 g/mol. The number of nitrogens with zero attached hydrogens (tertiary/aromatic N) is 1. The summed E-state index contributed by atoms with van der Waals surface area (Å²) in [6.45, 7) is 5.26. The van der Waals surface area contributed by atoms with Crippen molar-refractivity contribution in [2.24, 2.45) is 29.6 Å². The first-order valence-corrected chi connectivity index (χ1v) is 17.3. The molecule has 1 amide bonds. The van der Waals surface area contributed by atoms with E-state index in [0.29, 0.717) is 25.3 Å². The maximum Gasteiger partial charge on any atom is 0.264 e. The third-order valence-corrected chi connectivity index (χ3v) is 12.2. The van der Waals surface area contributed by atoms with Gasteiger partial charge in [-0.25, -0.2) is 13.1 Å². The Bertz CT molecular complexity index is 1410. The van der Waals surface area contributed by atoms with Crippen molar-refractivity contribution in [2.45, 2.75) is 63.2 Å². The van der Waals surface area contributed by atoms with Crippen LogP contribution >= 0.6 is 11.6 Å². The van der Waals surface area contributed by atoms with Crippen LogP contribution in [0.15, 0.2) is 53.6 Å². The van der Waals surface area contributed by atoms with E-state index >= 15 is 0 Å². The number of carbonyl (C=O) groups excluding carboxylic acids is 2. The van der Waals surface area contributed by atoms with E-state index in [1.807, 2.05) is 25.2 Å². The molecular weight excluding hydrogens is 588 g/mol. The van der Waals surface area contributed by atoms with Crippen LogP contribution < -0.4 is 14.4 Å². The normalized spacial score (nSPS) is 35.4. The standard InChI is InChI=1S/C33H43ClN2O6S/c1-22-7-6-15-33(21-37,41-3)29-13-10-26(29)19-36-16-5-4-8-24-17-28(34)12-9-27(24)20-42-31-14-11-25(18-30(31)36)32(38)35-43(39,40)23(22)2/h6,9,11-12,14-15,17-18,21-24,26-27,29H,4-5,7-8,10,13,16,19-20H2,1-3H3,(H,35,38)/b15-6+/t22-,23+,24?,26-,27?,29+,33-/m0/s1. The van der Waals surface area contributed by atoms with E-state index in [4.69, 9.17) is 21.1 Å². The Kier molecular flexibility index (Phi) is 9.73. The Balaban J connectivity index is 1.56. The number of anilines is 1. The highest BCUT2D eigenvalue weighted by atomic mass is 35.5. The minimum atomic E-state index is -3.97. The highest BCUT2D eigenvalue weighted by Crippen LogP contribution is 2.45. The number of allylic oxidation sites excluding steroid dienone is 4. The maximum absolute atomic E-state index is 13.4. The zero-order valence-corrected chi connectivity index (χ0v) is 26.8. The topological polar surface area (TPSA) is 102 Å². The molecule has 2 unspecified atom stereocenters. The summed E-state index contributed by atoms with van der Waals surface area (Å²) in [7, 11) is -2.40. The SMILES string of the molecule is CO[C@]1(C=O)/C=C/C[C@H](C)[C@@H](C)S(=O)(=O)NC(=O)c2ccc3c(c2)N(CCCCC2C=C(Cl)C=CC2CO3)C[C@@H]2CC[C@H]21. The number of fused-ring (bicyclic) bond motifs is 3. The first-order chi connectivity index (χ1) is 20.6. The van der Waals surface area contributed by atoms with Crippen molar-refractivity contribution < 1.29 is 27.5 Å². The van der Waals surface area contributed by atoms with Crippen LogP contribution in [0.5, 0.6) is 5.75 Å². The van der Waals surface area contributed by atoms with Crippen LogP contribution in [0.25, 0.3) is 0 Å². The lowest BCUT2D eigenvalue weighted by Gasteiger charge is -2.47. The van der Waals surface area contributed by atoms with Crippen molar-refractivity contribution in [1.82, 2.24) is 4.72 Å². The Hall–Kier alpha value is -2.62. The number of nitrogens with one attached hydrogen (secondary N) is 1. The molecule has 234 valence electrons. The van der Waals surface area contributed by atoms with Gasteiger partial charge in [0.05, 0.1) is 17.5 Å². The third-order valence-electron chi connectivity index (χ3n) is 10.0. The lowest BCUT2D eigenvalue weighted by atomic mass is 9.64. The Morgan fingerprint density at radius 2 is 1.98 bits per heavy atom. The maximum atomic E-state index is 13.4. The first-order valence-electron chi connectivity index (χ1n) is 15.4. The molecule has 0 aromatic heterocycles. The molecule has 0 radical (unpaired) electrons. The predicted octanol–water partition coefficient (Wildman–Crippen LogP) is 5.64. The van der Waals surface area contributed by atoms with E-state index in [1.54, 1.807) is 32.2 Å². The second-order valence-corrected chi connectivity index (χ2v) is 15.1. The molecule has 1 saturated carbocycles. The molecule has 10 heteroatoms. The van der Waals surface area contributed by atoms with E-state index in [1.165, 1.54) is 0 Å². The number of aldehydes is 1. The number of carbonyl (C=O) groups is 2. The van der Waals surface area contributed by atoms with Gasteiger partial charge in [-0.05, 0) is 87.1 Å². The molecule has 0 spiro atoms. The van der Waals surface area contributed by atoms with Gasteiger partial charge < -0.3 is 14.4 Å². The van der Waals surface area contributed by atoms with Gasteiger partial charge in [0, 0.05) is 42.6 Å². The number of rotatable bonds is 2. The van der Waals surface area contributed by atoms with Crippen molar-refractivity contribution in [3.63, 3.8) is 0 Å². The molecule has 43 heavy (non-hydrogen) atoms. The van der Waals surface area contributed by atoms with Gasteiger partial charge in [0.1, 0.15) is 11.4 Å². The van der Waals surface area contributed by atoms with Gasteiger partial charge in [-0.15, -0.1) is 0 Å². The smallest absolute Gasteiger partial charge is 0.264 e. The fourth-order valence-corrected chi connectivity index (χ4v) is 8.37. The van der Waals surface area contributed by atoms with Gasteiger partial charge in [0.25, 0.3) is 5.91 Å². The minimum Gasteiger partial charge on any atom is -0.491 e. The quantitative estimate of drug-likeness (QED) is 0.334. The largest absolute Gasteiger partial charge is 0.491 e. The molecule has 1 N–H and O–H groups in total. The molecule has 2 aliphatic carbocycles. The number of sulfonamides is 1.